The highest BCUT2D eigenvalue weighted by atomic mass is 32.1. The average Bonchev–Trinajstić information content (AvgIpc) is 3.03. The maximum atomic E-state index is 12.8. The number of aryl methyl sites for hydroxylation is 1. The van der Waals surface area contributed by atoms with Gasteiger partial charge in [-0.3, -0.25) is 4.79 Å². The highest BCUT2D eigenvalue weighted by Gasteiger charge is 2.19. The molecule has 2 aromatic rings. The van der Waals surface area contributed by atoms with E-state index in [0.29, 0.717) is 11.4 Å². The molecule has 0 aliphatic carbocycles. The van der Waals surface area contributed by atoms with Crippen LogP contribution in [0.3, 0.4) is 0 Å². The number of anilines is 1. The molecule has 0 aliphatic rings. The largest absolute Gasteiger partial charge is 0.462 e. The van der Waals surface area contributed by atoms with Gasteiger partial charge in [-0.25, -0.2) is 14.0 Å². The van der Waals surface area contributed by atoms with E-state index in [1.165, 1.54) is 23.5 Å². The minimum atomic E-state index is -0.744. The van der Waals surface area contributed by atoms with Crippen molar-refractivity contribution in [2.45, 2.75) is 20.3 Å². The van der Waals surface area contributed by atoms with E-state index in [0.717, 1.165) is 17.0 Å². The van der Waals surface area contributed by atoms with Crippen molar-refractivity contribution in [3.05, 3.63) is 52.2 Å². The second kappa shape index (κ2) is 9.10. The van der Waals surface area contributed by atoms with Gasteiger partial charge in [0.25, 0.3) is 5.91 Å². The van der Waals surface area contributed by atoms with Crippen LogP contribution in [0.4, 0.5) is 9.39 Å². The van der Waals surface area contributed by atoms with E-state index in [9.17, 15) is 18.8 Å². The zero-order valence-electron chi connectivity index (χ0n) is 14.3. The van der Waals surface area contributed by atoms with Crippen LogP contribution in [0.2, 0.25) is 0 Å². The molecule has 8 heteroatoms. The van der Waals surface area contributed by atoms with Crippen molar-refractivity contribution in [3.63, 3.8) is 0 Å². The smallest absolute Gasteiger partial charge is 0.341 e. The number of esters is 2. The molecule has 0 unspecified atom stereocenters. The number of benzene rings is 1. The minimum absolute atomic E-state index is 0.135. The molecule has 0 saturated carbocycles. The lowest BCUT2D eigenvalue weighted by molar-refractivity contribution is -0.119. The Morgan fingerprint density at radius 2 is 1.77 bits per heavy atom. The van der Waals surface area contributed by atoms with Gasteiger partial charge in [0.1, 0.15) is 10.8 Å². The Morgan fingerprint density at radius 3 is 2.38 bits per heavy atom. The van der Waals surface area contributed by atoms with Gasteiger partial charge in [0, 0.05) is 4.88 Å². The summed E-state index contributed by atoms with van der Waals surface area (Å²) < 4.78 is 22.7. The van der Waals surface area contributed by atoms with E-state index in [4.69, 9.17) is 9.47 Å². The first-order valence-corrected chi connectivity index (χ1v) is 8.78. The highest BCUT2D eigenvalue weighted by molar-refractivity contribution is 7.16. The van der Waals surface area contributed by atoms with E-state index in [-0.39, 0.29) is 17.7 Å². The van der Waals surface area contributed by atoms with Gasteiger partial charge in [-0.15, -0.1) is 11.3 Å². The van der Waals surface area contributed by atoms with Crippen LogP contribution >= 0.6 is 11.3 Å². The minimum Gasteiger partial charge on any atom is -0.462 e. The number of hydrogen-bond donors (Lipinski definition) is 1. The summed E-state index contributed by atoms with van der Waals surface area (Å²) in [5, 5.41) is 2.91. The molecule has 138 valence electrons. The van der Waals surface area contributed by atoms with E-state index >= 15 is 0 Å². The average molecular weight is 379 g/mol. The molecule has 26 heavy (non-hydrogen) atoms. The molecular formula is C18H18FNO5S. The highest BCUT2D eigenvalue weighted by Crippen LogP contribution is 2.29. The van der Waals surface area contributed by atoms with Crippen LogP contribution in [-0.2, 0) is 20.7 Å². The molecule has 0 spiro atoms. The van der Waals surface area contributed by atoms with Crippen molar-refractivity contribution < 1.29 is 28.2 Å². The predicted octanol–water partition coefficient (Wildman–Crippen LogP) is 3.42. The van der Waals surface area contributed by atoms with Gasteiger partial charge in [-0.2, -0.15) is 0 Å². The molecule has 0 bridgehead atoms. The third-order valence-corrected chi connectivity index (χ3v) is 4.49. The van der Waals surface area contributed by atoms with Crippen molar-refractivity contribution in [1.82, 2.24) is 0 Å². The molecule has 2 rings (SSSR count). The molecule has 1 amide bonds. The van der Waals surface area contributed by atoms with Crippen LogP contribution in [0, 0.1) is 5.82 Å². The summed E-state index contributed by atoms with van der Waals surface area (Å²) in [4.78, 5) is 36.7. The van der Waals surface area contributed by atoms with Crippen molar-refractivity contribution in [1.29, 1.82) is 0 Å². The molecule has 0 radical (unpaired) electrons. The zero-order valence-corrected chi connectivity index (χ0v) is 15.2. The third kappa shape index (κ3) is 5.13. The van der Waals surface area contributed by atoms with Crippen molar-refractivity contribution in [2.24, 2.45) is 0 Å². The van der Waals surface area contributed by atoms with Crippen molar-refractivity contribution in [2.75, 3.05) is 18.5 Å². The van der Waals surface area contributed by atoms with Gasteiger partial charge in [-0.1, -0.05) is 6.92 Å². The maximum absolute atomic E-state index is 12.8. The van der Waals surface area contributed by atoms with Gasteiger partial charge < -0.3 is 14.8 Å². The van der Waals surface area contributed by atoms with E-state index in [1.54, 1.807) is 13.0 Å². The fourth-order valence-corrected chi connectivity index (χ4v) is 3.03. The molecule has 1 heterocycles. The molecular weight excluding hydrogens is 361 g/mol. The fraction of sp³-hybridized carbons (Fsp3) is 0.278. The summed E-state index contributed by atoms with van der Waals surface area (Å²) in [6.45, 7) is 3.31. The van der Waals surface area contributed by atoms with Crippen LogP contribution in [0.1, 0.15) is 39.4 Å². The fourth-order valence-electron chi connectivity index (χ4n) is 2.03. The van der Waals surface area contributed by atoms with Gasteiger partial charge >= 0.3 is 11.9 Å². The number of nitrogens with one attached hydrogen (secondary N) is 1. The number of halogens is 1. The standard InChI is InChI=1S/C18H18FNO5S/c1-3-13-9-14(18(23)24-4-2)16(26-13)20-15(21)10-25-17(22)11-5-7-12(19)8-6-11/h5-9H,3-4,10H2,1-2H3,(H,20,21). The third-order valence-electron chi connectivity index (χ3n) is 3.29. The maximum Gasteiger partial charge on any atom is 0.341 e. The first kappa shape index (κ1) is 19.6. The second-order valence-electron chi connectivity index (χ2n) is 5.16. The Balaban J connectivity index is 1.99. The summed E-state index contributed by atoms with van der Waals surface area (Å²) in [6, 6.07) is 6.45. The Kier molecular flexibility index (Phi) is 6.85. The predicted molar refractivity (Wildman–Crippen MR) is 95.0 cm³/mol. The molecule has 0 atom stereocenters. The van der Waals surface area contributed by atoms with E-state index in [2.05, 4.69) is 5.32 Å². The topological polar surface area (TPSA) is 81.7 Å². The van der Waals surface area contributed by atoms with Crippen LogP contribution < -0.4 is 5.32 Å². The summed E-state index contributed by atoms with van der Waals surface area (Å²) >= 11 is 1.26. The number of rotatable bonds is 7. The number of carbonyl (C=O) groups is 3. The lowest BCUT2D eigenvalue weighted by atomic mass is 10.2. The van der Waals surface area contributed by atoms with Gasteiger partial charge in [-0.05, 0) is 43.7 Å². The molecule has 1 N–H and O–H groups in total. The second-order valence-corrected chi connectivity index (χ2v) is 6.30. The van der Waals surface area contributed by atoms with Crippen molar-refractivity contribution >= 4 is 34.2 Å². The SMILES string of the molecule is CCOC(=O)c1cc(CC)sc1NC(=O)COC(=O)c1ccc(F)cc1. The number of thiophene rings is 1. The van der Waals surface area contributed by atoms with Crippen LogP contribution in [0.15, 0.2) is 30.3 Å². The summed E-state index contributed by atoms with van der Waals surface area (Å²) in [6.07, 6.45) is 0.701. The molecule has 1 aromatic carbocycles. The first-order valence-electron chi connectivity index (χ1n) is 7.97. The Hall–Kier alpha value is -2.74. The number of amides is 1. The number of carbonyl (C=O) groups excluding carboxylic acids is 3. The number of ether oxygens (including phenoxy) is 2. The zero-order chi connectivity index (χ0) is 19.1. The lowest BCUT2D eigenvalue weighted by Crippen LogP contribution is -2.21. The molecule has 0 saturated heterocycles. The van der Waals surface area contributed by atoms with Crippen LogP contribution in [0.25, 0.3) is 0 Å². The normalized spacial score (nSPS) is 10.3. The molecule has 0 fully saturated rings. The summed E-state index contributed by atoms with van der Waals surface area (Å²) in [7, 11) is 0. The number of hydrogen-bond acceptors (Lipinski definition) is 6. The monoisotopic (exact) mass is 379 g/mol. The molecule has 0 aliphatic heterocycles. The van der Waals surface area contributed by atoms with Crippen molar-refractivity contribution in [3.8, 4) is 0 Å². The Bertz CT molecular complexity index is 800. The van der Waals surface area contributed by atoms with Crippen LogP contribution in [0.5, 0.6) is 0 Å². The van der Waals surface area contributed by atoms with Gasteiger partial charge in [0.05, 0.1) is 17.7 Å². The molecule has 6 nitrogen and oxygen atoms in total. The van der Waals surface area contributed by atoms with Gasteiger partial charge in [0.15, 0.2) is 6.61 Å². The van der Waals surface area contributed by atoms with Crippen LogP contribution in [-0.4, -0.2) is 31.1 Å². The Morgan fingerprint density at radius 1 is 1.08 bits per heavy atom. The first-order chi connectivity index (χ1) is 12.4. The lowest BCUT2D eigenvalue weighted by Gasteiger charge is -2.07. The summed E-state index contributed by atoms with van der Waals surface area (Å²) in [5.41, 5.74) is 0.405. The van der Waals surface area contributed by atoms with E-state index < -0.39 is 30.3 Å². The van der Waals surface area contributed by atoms with Gasteiger partial charge in [0.2, 0.25) is 0 Å². The Labute approximate surface area is 153 Å². The molecule has 1 aromatic heterocycles. The quantitative estimate of drug-likeness (QED) is 0.746. The summed E-state index contributed by atoms with van der Waals surface area (Å²) in [5.74, 6) is -2.33. The van der Waals surface area contributed by atoms with E-state index in [1.807, 2.05) is 6.92 Å².